The smallest absolute Gasteiger partial charge is 0.406 e. The number of alkyl halides is 3. The Kier molecular flexibility index (Phi) is 6.50. The van der Waals surface area contributed by atoms with Gasteiger partial charge in [-0.2, -0.15) is 0 Å². The van der Waals surface area contributed by atoms with Crippen LogP contribution in [0.5, 0.6) is 5.75 Å². The molecule has 1 saturated heterocycles. The van der Waals surface area contributed by atoms with Crippen LogP contribution in [0, 0.1) is 0 Å². The van der Waals surface area contributed by atoms with Crippen molar-refractivity contribution in [2.75, 3.05) is 29.9 Å². The zero-order valence-corrected chi connectivity index (χ0v) is 18.1. The first-order valence-corrected chi connectivity index (χ1v) is 11.1. The third-order valence-corrected chi connectivity index (χ3v) is 6.44. The zero-order valence-electron chi connectivity index (χ0n) is 17.3. The number of benzene rings is 2. The Morgan fingerprint density at radius 3 is 2.39 bits per heavy atom. The molecule has 0 radical (unpaired) electrons. The number of nitrogens with one attached hydrogen (secondary N) is 1. The van der Waals surface area contributed by atoms with Crippen molar-refractivity contribution in [2.24, 2.45) is 0 Å². The third-order valence-electron chi connectivity index (χ3n) is 5.21. The number of hydrogen-bond donors (Lipinski definition) is 1. The standard InChI is InChI=1S/C22H20F3N3O4S/c23-22(24,25)32-15-9-7-14(8-10-15)26-18(29)13-28-16-5-1-2-6-17(16)33-19(21(28)31)20(30)27-11-3-4-12-27/h1-2,5-10,19H,3-4,11-13H2,(H,26,29)/t19-/m1/s1. The van der Waals surface area contributed by atoms with E-state index in [-0.39, 0.29) is 18.1 Å². The number of hydrogen-bond acceptors (Lipinski definition) is 5. The van der Waals surface area contributed by atoms with Gasteiger partial charge < -0.3 is 19.9 Å². The number of halogens is 3. The number of amides is 3. The second-order valence-corrected chi connectivity index (χ2v) is 8.69. The minimum absolute atomic E-state index is 0.242. The molecule has 3 amide bonds. The lowest BCUT2D eigenvalue weighted by molar-refractivity contribution is -0.274. The van der Waals surface area contributed by atoms with Gasteiger partial charge in [0.1, 0.15) is 12.3 Å². The Morgan fingerprint density at radius 1 is 1.06 bits per heavy atom. The molecule has 4 rings (SSSR count). The number of para-hydroxylation sites is 1. The molecule has 2 aliphatic rings. The van der Waals surface area contributed by atoms with Gasteiger partial charge in [0.25, 0.3) is 5.91 Å². The van der Waals surface area contributed by atoms with Crippen LogP contribution in [0.2, 0.25) is 0 Å². The van der Waals surface area contributed by atoms with E-state index in [1.54, 1.807) is 29.2 Å². The molecule has 11 heteroatoms. The van der Waals surface area contributed by atoms with E-state index in [2.05, 4.69) is 10.1 Å². The predicted molar refractivity (Wildman–Crippen MR) is 116 cm³/mol. The molecular formula is C22H20F3N3O4S. The highest BCUT2D eigenvalue weighted by molar-refractivity contribution is 8.01. The fraction of sp³-hybridized carbons (Fsp3) is 0.318. The summed E-state index contributed by atoms with van der Waals surface area (Å²) in [4.78, 5) is 42.5. The molecule has 33 heavy (non-hydrogen) atoms. The fourth-order valence-corrected chi connectivity index (χ4v) is 4.91. The molecule has 174 valence electrons. The topological polar surface area (TPSA) is 79.0 Å². The summed E-state index contributed by atoms with van der Waals surface area (Å²) in [5.74, 6) is -1.70. The second kappa shape index (κ2) is 9.34. The van der Waals surface area contributed by atoms with Crippen molar-refractivity contribution in [1.29, 1.82) is 0 Å². The number of likely N-dealkylation sites (tertiary alicyclic amines) is 1. The molecular weight excluding hydrogens is 459 g/mol. The monoisotopic (exact) mass is 479 g/mol. The number of anilines is 2. The van der Waals surface area contributed by atoms with Gasteiger partial charge in [0.15, 0.2) is 5.25 Å². The Bertz CT molecular complexity index is 1060. The quantitative estimate of drug-likeness (QED) is 0.663. The molecule has 1 atom stereocenters. The van der Waals surface area contributed by atoms with Crippen molar-refractivity contribution >= 4 is 40.9 Å². The van der Waals surface area contributed by atoms with E-state index in [9.17, 15) is 27.6 Å². The van der Waals surface area contributed by atoms with Crippen LogP contribution in [0.3, 0.4) is 0 Å². The summed E-state index contributed by atoms with van der Waals surface area (Å²) < 4.78 is 40.7. The van der Waals surface area contributed by atoms with Crippen LogP contribution in [0.1, 0.15) is 12.8 Å². The third kappa shape index (κ3) is 5.41. The average Bonchev–Trinajstić information content (AvgIpc) is 3.30. The fourth-order valence-electron chi connectivity index (χ4n) is 3.72. The molecule has 2 aromatic carbocycles. The van der Waals surface area contributed by atoms with Gasteiger partial charge in [-0.3, -0.25) is 14.4 Å². The van der Waals surface area contributed by atoms with Crippen molar-refractivity contribution in [1.82, 2.24) is 4.90 Å². The van der Waals surface area contributed by atoms with Crippen LogP contribution in [-0.4, -0.2) is 53.9 Å². The first-order valence-electron chi connectivity index (χ1n) is 10.2. The lowest BCUT2D eigenvalue weighted by atomic mass is 10.2. The van der Waals surface area contributed by atoms with Crippen LogP contribution < -0.4 is 15.0 Å². The van der Waals surface area contributed by atoms with E-state index in [1.807, 2.05) is 0 Å². The van der Waals surface area contributed by atoms with Crippen molar-refractivity contribution in [2.45, 2.75) is 29.3 Å². The molecule has 0 bridgehead atoms. The summed E-state index contributed by atoms with van der Waals surface area (Å²) in [5.41, 5.74) is 0.772. The molecule has 0 aromatic heterocycles. The van der Waals surface area contributed by atoms with Crippen LogP contribution in [0.4, 0.5) is 24.5 Å². The Labute approximate surface area is 191 Å². The van der Waals surface area contributed by atoms with E-state index in [1.165, 1.54) is 28.8 Å². The maximum Gasteiger partial charge on any atom is 0.573 e. The van der Waals surface area contributed by atoms with Gasteiger partial charge in [0.05, 0.1) is 5.69 Å². The van der Waals surface area contributed by atoms with Gasteiger partial charge in [0.2, 0.25) is 11.8 Å². The molecule has 0 unspecified atom stereocenters. The number of nitrogens with zero attached hydrogens (tertiary/aromatic N) is 2. The predicted octanol–water partition coefficient (Wildman–Crippen LogP) is 3.65. The van der Waals surface area contributed by atoms with Gasteiger partial charge in [-0.25, -0.2) is 0 Å². The largest absolute Gasteiger partial charge is 0.573 e. The van der Waals surface area contributed by atoms with Crippen LogP contribution in [0.15, 0.2) is 53.4 Å². The Balaban J connectivity index is 1.48. The maximum absolute atomic E-state index is 13.2. The lowest BCUT2D eigenvalue weighted by Gasteiger charge is -2.34. The average molecular weight is 479 g/mol. The lowest BCUT2D eigenvalue weighted by Crippen LogP contribution is -2.51. The van der Waals surface area contributed by atoms with E-state index in [4.69, 9.17) is 0 Å². The van der Waals surface area contributed by atoms with E-state index < -0.39 is 29.2 Å². The first kappa shape index (κ1) is 23.0. The van der Waals surface area contributed by atoms with Gasteiger partial charge in [0, 0.05) is 23.7 Å². The number of carbonyl (C=O) groups excluding carboxylic acids is 3. The molecule has 7 nitrogen and oxygen atoms in total. The Morgan fingerprint density at radius 2 is 1.73 bits per heavy atom. The van der Waals surface area contributed by atoms with Crippen molar-refractivity contribution in [3.63, 3.8) is 0 Å². The zero-order chi connectivity index (χ0) is 23.6. The minimum Gasteiger partial charge on any atom is -0.406 e. The molecule has 0 aliphatic carbocycles. The summed E-state index contributed by atoms with van der Waals surface area (Å²) in [6, 6.07) is 11.7. The van der Waals surface area contributed by atoms with E-state index in [0.29, 0.717) is 18.8 Å². The highest BCUT2D eigenvalue weighted by Crippen LogP contribution is 2.40. The molecule has 2 aliphatic heterocycles. The summed E-state index contributed by atoms with van der Waals surface area (Å²) in [7, 11) is 0. The summed E-state index contributed by atoms with van der Waals surface area (Å²) in [6.45, 7) is 0.875. The van der Waals surface area contributed by atoms with Crippen LogP contribution in [0.25, 0.3) is 0 Å². The summed E-state index contributed by atoms with van der Waals surface area (Å²) in [5, 5.41) is 1.59. The normalized spacial score (nSPS) is 18.2. The second-order valence-electron chi connectivity index (χ2n) is 7.54. The number of carbonyl (C=O) groups is 3. The highest BCUT2D eigenvalue weighted by Gasteiger charge is 2.41. The van der Waals surface area contributed by atoms with E-state index >= 15 is 0 Å². The maximum atomic E-state index is 13.2. The van der Waals surface area contributed by atoms with Crippen molar-refractivity contribution in [3.8, 4) is 5.75 Å². The molecule has 1 N–H and O–H groups in total. The molecule has 0 saturated carbocycles. The van der Waals surface area contributed by atoms with Gasteiger partial charge >= 0.3 is 6.36 Å². The minimum atomic E-state index is -4.81. The molecule has 0 spiro atoms. The van der Waals surface area contributed by atoms with Gasteiger partial charge in [-0.1, -0.05) is 12.1 Å². The molecule has 2 heterocycles. The molecule has 2 aromatic rings. The first-order chi connectivity index (χ1) is 15.7. The number of fused-ring (bicyclic) bond motifs is 1. The van der Waals surface area contributed by atoms with Crippen LogP contribution in [-0.2, 0) is 14.4 Å². The highest BCUT2D eigenvalue weighted by atomic mass is 32.2. The van der Waals surface area contributed by atoms with E-state index in [0.717, 1.165) is 29.9 Å². The number of rotatable bonds is 5. The molecule has 1 fully saturated rings. The Hall–Kier alpha value is -3.21. The van der Waals surface area contributed by atoms with Gasteiger partial charge in [-0.15, -0.1) is 24.9 Å². The number of thioether (sulfide) groups is 1. The van der Waals surface area contributed by atoms with Crippen molar-refractivity contribution in [3.05, 3.63) is 48.5 Å². The van der Waals surface area contributed by atoms with Crippen molar-refractivity contribution < 1.29 is 32.3 Å². The number of ether oxygens (including phenoxy) is 1. The SMILES string of the molecule is O=C(CN1C(=O)[C@@H](C(=O)N2CCCC2)Sc2ccccc21)Nc1ccc(OC(F)(F)F)cc1. The summed E-state index contributed by atoms with van der Waals surface area (Å²) >= 11 is 1.18. The van der Waals surface area contributed by atoms with Crippen LogP contribution >= 0.6 is 11.8 Å². The summed E-state index contributed by atoms with van der Waals surface area (Å²) in [6.07, 6.45) is -3.02. The van der Waals surface area contributed by atoms with Gasteiger partial charge in [-0.05, 0) is 49.2 Å².